The fraction of sp³-hybridized carbons (Fsp3) is 0.824. The molecule has 1 saturated heterocycles. The highest BCUT2D eigenvalue weighted by molar-refractivity contribution is 5.67. The van der Waals surface area contributed by atoms with Gasteiger partial charge in [-0.25, -0.2) is 9.78 Å². The third kappa shape index (κ3) is 5.79. The molecule has 1 aliphatic rings. The van der Waals surface area contributed by atoms with Gasteiger partial charge in [-0.05, 0) is 44.4 Å². The van der Waals surface area contributed by atoms with Crippen LogP contribution in [0.3, 0.4) is 0 Å². The fourth-order valence-electron chi connectivity index (χ4n) is 3.11. The summed E-state index contributed by atoms with van der Waals surface area (Å²) < 4.78 is 0. The number of allylic oxidation sites excluding steroid dienone is 2. The van der Waals surface area contributed by atoms with E-state index in [4.69, 9.17) is 14.9 Å². The molecule has 0 aromatic heterocycles. The molecule has 0 bridgehead atoms. The largest absolute Gasteiger partial charge is 0.481 e. The Balaban J connectivity index is 2.66. The second kappa shape index (κ2) is 8.54. The molecule has 1 rings (SSSR count). The molecular weight excluding hydrogens is 268 g/mol. The van der Waals surface area contributed by atoms with Gasteiger partial charge in [0.15, 0.2) is 0 Å². The average Bonchev–Trinajstić information content (AvgIpc) is 2.45. The molecule has 4 atom stereocenters. The van der Waals surface area contributed by atoms with Crippen LogP contribution in [0.4, 0.5) is 0 Å². The normalized spacial score (nSPS) is 31.4. The Morgan fingerprint density at radius 3 is 2.67 bits per heavy atom. The van der Waals surface area contributed by atoms with Gasteiger partial charge in [0.05, 0.1) is 6.42 Å². The molecule has 0 saturated carbocycles. The van der Waals surface area contributed by atoms with Gasteiger partial charge in [-0.3, -0.25) is 4.79 Å². The maximum atomic E-state index is 10.9. The van der Waals surface area contributed by atoms with Crippen LogP contribution < -0.4 is 0 Å². The van der Waals surface area contributed by atoms with Crippen molar-refractivity contribution in [1.82, 2.24) is 0 Å². The van der Waals surface area contributed by atoms with Crippen LogP contribution in [0.5, 0.6) is 0 Å². The molecule has 1 fully saturated rings. The van der Waals surface area contributed by atoms with E-state index in [1.165, 1.54) is 0 Å². The van der Waals surface area contributed by atoms with Crippen LogP contribution in [-0.4, -0.2) is 22.8 Å². The zero-order chi connectivity index (χ0) is 15.9. The second-order valence-electron chi connectivity index (χ2n) is 6.35. The summed E-state index contributed by atoms with van der Waals surface area (Å²) >= 11 is 0. The quantitative estimate of drug-likeness (QED) is 0.534. The Morgan fingerprint density at radius 2 is 2.14 bits per heavy atom. The zero-order valence-corrected chi connectivity index (χ0v) is 13.8. The van der Waals surface area contributed by atoms with Gasteiger partial charge in [0, 0.05) is 0 Å². The lowest BCUT2D eigenvalue weighted by atomic mass is 9.79. The van der Waals surface area contributed by atoms with Crippen LogP contribution in [-0.2, 0) is 14.6 Å². The molecule has 122 valence electrons. The zero-order valence-electron chi connectivity index (χ0n) is 13.8. The van der Waals surface area contributed by atoms with Crippen molar-refractivity contribution < 1.29 is 19.7 Å². The molecule has 1 N–H and O–H groups in total. The minimum Gasteiger partial charge on any atom is -0.481 e. The second-order valence-corrected chi connectivity index (χ2v) is 6.35. The van der Waals surface area contributed by atoms with Crippen LogP contribution in [0, 0.1) is 11.8 Å². The number of carboxylic acid groups (broad SMARTS) is 1. The van der Waals surface area contributed by atoms with Gasteiger partial charge in [-0.15, -0.1) is 0 Å². The van der Waals surface area contributed by atoms with E-state index in [1.54, 1.807) is 0 Å². The summed E-state index contributed by atoms with van der Waals surface area (Å²) in [5.41, 5.74) is -0.325. The Morgan fingerprint density at radius 1 is 1.43 bits per heavy atom. The van der Waals surface area contributed by atoms with Crippen molar-refractivity contribution in [2.24, 2.45) is 11.8 Å². The molecule has 0 radical (unpaired) electrons. The lowest BCUT2D eigenvalue weighted by Gasteiger charge is -2.41. The van der Waals surface area contributed by atoms with Crippen molar-refractivity contribution in [3.05, 3.63) is 12.2 Å². The van der Waals surface area contributed by atoms with Crippen LogP contribution in [0.2, 0.25) is 0 Å². The molecule has 0 aromatic carbocycles. The molecule has 0 aromatic rings. The van der Waals surface area contributed by atoms with Gasteiger partial charge >= 0.3 is 5.97 Å². The van der Waals surface area contributed by atoms with E-state index in [0.717, 1.165) is 32.1 Å². The SMILES string of the molecule is CC/C=C/[C@H](CC)C[C@]1(C)C[C@H](CC)[C@H](CC(=O)O)OO1. The molecule has 4 nitrogen and oxygen atoms in total. The Labute approximate surface area is 128 Å². The van der Waals surface area contributed by atoms with E-state index in [9.17, 15) is 4.79 Å². The van der Waals surface area contributed by atoms with Gasteiger partial charge in [0.2, 0.25) is 0 Å². The first kappa shape index (κ1) is 18.2. The number of carbonyl (C=O) groups is 1. The third-order valence-electron chi connectivity index (χ3n) is 4.36. The Bertz CT molecular complexity index is 353. The smallest absolute Gasteiger partial charge is 0.306 e. The number of carboxylic acids is 1. The van der Waals surface area contributed by atoms with Gasteiger partial charge in [-0.2, -0.15) is 0 Å². The molecule has 0 spiro atoms. The Kier molecular flexibility index (Phi) is 7.40. The molecule has 0 amide bonds. The summed E-state index contributed by atoms with van der Waals surface area (Å²) in [6.45, 7) is 8.48. The highest BCUT2D eigenvalue weighted by atomic mass is 17.2. The van der Waals surface area contributed by atoms with Crippen LogP contribution in [0.25, 0.3) is 0 Å². The molecule has 4 heteroatoms. The molecule has 1 aliphatic heterocycles. The molecular formula is C17H30O4. The van der Waals surface area contributed by atoms with Crippen molar-refractivity contribution in [2.45, 2.75) is 77.9 Å². The van der Waals surface area contributed by atoms with Crippen molar-refractivity contribution in [3.63, 3.8) is 0 Å². The highest BCUT2D eigenvalue weighted by Crippen LogP contribution is 2.39. The van der Waals surface area contributed by atoms with Crippen molar-refractivity contribution in [2.75, 3.05) is 0 Å². The fourth-order valence-corrected chi connectivity index (χ4v) is 3.11. The van der Waals surface area contributed by atoms with Crippen LogP contribution in [0.1, 0.15) is 66.2 Å². The summed E-state index contributed by atoms with van der Waals surface area (Å²) in [6.07, 6.45) is 8.96. The van der Waals surface area contributed by atoms with Crippen LogP contribution >= 0.6 is 0 Å². The topological polar surface area (TPSA) is 55.8 Å². The standard InChI is InChI=1S/C17H30O4/c1-5-8-9-13(6-2)11-17(4)12-14(7-3)15(20-21-17)10-16(18)19/h8-9,13-15H,5-7,10-12H2,1-4H3,(H,18,19)/b9-8+/t13-,14-,15-,17+/m0/s1. The average molecular weight is 298 g/mol. The van der Waals surface area contributed by atoms with E-state index < -0.39 is 5.97 Å². The molecule has 0 unspecified atom stereocenters. The first-order valence-corrected chi connectivity index (χ1v) is 8.17. The summed E-state index contributed by atoms with van der Waals surface area (Å²) in [5, 5.41) is 8.95. The number of hydrogen-bond donors (Lipinski definition) is 1. The highest BCUT2D eigenvalue weighted by Gasteiger charge is 2.41. The van der Waals surface area contributed by atoms with E-state index in [1.807, 2.05) is 0 Å². The minimum absolute atomic E-state index is 0.0154. The lowest BCUT2D eigenvalue weighted by Crippen LogP contribution is -2.44. The van der Waals surface area contributed by atoms with Gasteiger partial charge in [-0.1, -0.05) is 39.3 Å². The molecule has 0 aliphatic carbocycles. The lowest BCUT2D eigenvalue weighted by molar-refractivity contribution is -0.419. The summed E-state index contributed by atoms with van der Waals surface area (Å²) in [7, 11) is 0. The number of hydrogen-bond acceptors (Lipinski definition) is 3. The van der Waals surface area contributed by atoms with E-state index in [2.05, 4.69) is 39.8 Å². The van der Waals surface area contributed by atoms with Crippen LogP contribution in [0.15, 0.2) is 12.2 Å². The van der Waals surface area contributed by atoms with Gasteiger partial charge in [0.25, 0.3) is 0 Å². The van der Waals surface area contributed by atoms with E-state index in [0.29, 0.717) is 5.92 Å². The van der Waals surface area contributed by atoms with E-state index in [-0.39, 0.29) is 24.0 Å². The van der Waals surface area contributed by atoms with Gasteiger partial charge in [0.1, 0.15) is 11.7 Å². The van der Waals surface area contributed by atoms with Gasteiger partial charge < -0.3 is 5.11 Å². The first-order chi connectivity index (χ1) is 9.94. The maximum Gasteiger partial charge on any atom is 0.306 e. The van der Waals surface area contributed by atoms with Crippen molar-refractivity contribution >= 4 is 5.97 Å². The molecule has 21 heavy (non-hydrogen) atoms. The summed E-state index contributed by atoms with van der Waals surface area (Å²) in [5.74, 6) is -0.109. The van der Waals surface area contributed by atoms with Crippen molar-refractivity contribution in [1.29, 1.82) is 0 Å². The molecule has 1 heterocycles. The number of rotatable bonds is 8. The maximum absolute atomic E-state index is 10.9. The van der Waals surface area contributed by atoms with Crippen molar-refractivity contribution in [3.8, 4) is 0 Å². The number of aliphatic carboxylic acids is 1. The summed E-state index contributed by atoms with van der Waals surface area (Å²) in [6, 6.07) is 0. The minimum atomic E-state index is -0.831. The Hall–Kier alpha value is -0.870. The van der Waals surface area contributed by atoms with E-state index >= 15 is 0 Å². The third-order valence-corrected chi connectivity index (χ3v) is 4.36. The monoisotopic (exact) mass is 298 g/mol. The summed E-state index contributed by atoms with van der Waals surface area (Å²) in [4.78, 5) is 22.0. The first-order valence-electron chi connectivity index (χ1n) is 8.17. The predicted molar refractivity (Wildman–Crippen MR) is 82.8 cm³/mol. The predicted octanol–water partition coefficient (Wildman–Crippen LogP) is 4.35.